The summed E-state index contributed by atoms with van der Waals surface area (Å²) >= 11 is 0. The first-order valence-corrected chi connectivity index (χ1v) is 10.1. The average Bonchev–Trinajstić information content (AvgIpc) is 2.83. The standard InChI is InChI=1S/C22H17F6N5O/c23-21(24,25)16-10-15(11-17(12-16)22(26,27)28)20(34)33-8-6-32(7-9-33)19-4-3-18(30-31-19)14-2-1-5-29-13-14/h1-5,10-13H,6-9H2. The zero-order valence-corrected chi connectivity index (χ0v) is 17.4. The molecule has 3 heterocycles. The lowest BCUT2D eigenvalue weighted by Crippen LogP contribution is -2.49. The lowest BCUT2D eigenvalue weighted by Gasteiger charge is -2.35. The summed E-state index contributed by atoms with van der Waals surface area (Å²) in [6.45, 7) is 0.778. The molecule has 4 rings (SSSR count). The van der Waals surface area contributed by atoms with Crippen LogP contribution in [0.1, 0.15) is 21.5 Å². The maximum Gasteiger partial charge on any atom is 0.416 e. The van der Waals surface area contributed by atoms with Crippen LogP contribution < -0.4 is 4.90 Å². The molecule has 0 bridgehead atoms. The third kappa shape index (κ3) is 5.10. The zero-order chi connectivity index (χ0) is 24.5. The topological polar surface area (TPSA) is 62.2 Å². The van der Waals surface area contributed by atoms with Crippen LogP contribution in [-0.4, -0.2) is 52.2 Å². The van der Waals surface area contributed by atoms with Crippen LogP contribution in [0.3, 0.4) is 0 Å². The lowest BCUT2D eigenvalue weighted by atomic mass is 10.0. The van der Waals surface area contributed by atoms with Crippen molar-refractivity contribution in [1.82, 2.24) is 20.1 Å². The highest BCUT2D eigenvalue weighted by molar-refractivity contribution is 5.95. The number of rotatable bonds is 3. The van der Waals surface area contributed by atoms with Gasteiger partial charge in [0.2, 0.25) is 0 Å². The molecule has 6 nitrogen and oxygen atoms in total. The van der Waals surface area contributed by atoms with Gasteiger partial charge in [-0.2, -0.15) is 26.3 Å². The quantitative estimate of drug-likeness (QED) is 0.515. The SMILES string of the molecule is O=C(c1cc(C(F)(F)F)cc(C(F)(F)F)c1)N1CCN(c2ccc(-c3cccnc3)nn2)CC1. The summed E-state index contributed by atoms with van der Waals surface area (Å²) in [5.74, 6) is -0.354. The number of anilines is 1. The first kappa shape index (κ1) is 23.5. The second-order valence-electron chi connectivity index (χ2n) is 7.59. The fourth-order valence-corrected chi connectivity index (χ4v) is 3.56. The van der Waals surface area contributed by atoms with Crippen molar-refractivity contribution in [3.63, 3.8) is 0 Å². The number of pyridine rings is 1. The number of carbonyl (C=O) groups is 1. The van der Waals surface area contributed by atoms with E-state index in [1.807, 2.05) is 11.0 Å². The van der Waals surface area contributed by atoms with Gasteiger partial charge in [-0.3, -0.25) is 9.78 Å². The van der Waals surface area contributed by atoms with Gasteiger partial charge in [-0.15, -0.1) is 10.2 Å². The Bertz CT molecular complexity index is 1120. The van der Waals surface area contributed by atoms with Crippen LogP contribution in [0.25, 0.3) is 11.3 Å². The fourth-order valence-electron chi connectivity index (χ4n) is 3.56. The molecule has 178 valence electrons. The Hall–Kier alpha value is -3.70. The van der Waals surface area contributed by atoms with E-state index < -0.39 is 35.0 Å². The Labute approximate surface area is 189 Å². The molecule has 0 aliphatic carbocycles. The molecular weight excluding hydrogens is 464 g/mol. The number of alkyl halides is 6. The molecule has 0 N–H and O–H groups in total. The maximum atomic E-state index is 13.1. The van der Waals surface area contributed by atoms with Gasteiger partial charge in [0.15, 0.2) is 5.82 Å². The minimum atomic E-state index is -5.02. The number of hydrogen-bond acceptors (Lipinski definition) is 5. The van der Waals surface area contributed by atoms with E-state index in [0.717, 1.165) is 5.56 Å². The number of carbonyl (C=O) groups excluding carboxylic acids is 1. The second kappa shape index (κ2) is 8.92. The average molecular weight is 481 g/mol. The van der Waals surface area contributed by atoms with Crippen LogP contribution in [0.4, 0.5) is 32.2 Å². The number of nitrogens with zero attached hydrogens (tertiary/aromatic N) is 5. The number of piperazine rings is 1. The number of benzene rings is 1. The second-order valence-corrected chi connectivity index (χ2v) is 7.59. The summed E-state index contributed by atoms with van der Waals surface area (Å²) in [5.41, 5.74) is -2.29. The summed E-state index contributed by atoms with van der Waals surface area (Å²) in [6, 6.07) is 8.01. The van der Waals surface area contributed by atoms with E-state index in [-0.39, 0.29) is 32.2 Å². The third-order valence-corrected chi connectivity index (χ3v) is 5.33. The molecule has 2 aromatic heterocycles. The van der Waals surface area contributed by atoms with E-state index in [4.69, 9.17) is 0 Å². The summed E-state index contributed by atoms with van der Waals surface area (Å²) in [6.07, 6.45) is -6.76. The van der Waals surface area contributed by atoms with Crippen molar-refractivity contribution in [2.75, 3.05) is 31.1 Å². The Kier molecular flexibility index (Phi) is 6.15. The number of hydrogen-bond donors (Lipinski definition) is 0. The molecule has 12 heteroatoms. The first-order chi connectivity index (χ1) is 16.0. The van der Waals surface area contributed by atoms with E-state index in [1.54, 1.807) is 30.6 Å². The molecule has 1 aliphatic heterocycles. The van der Waals surface area contributed by atoms with Crippen LogP contribution in [0, 0.1) is 0 Å². The minimum absolute atomic E-state index is 0.00254. The Morgan fingerprint density at radius 2 is 1.47 bits per heavy atom. The molecule has 0 saturated carbocycles. The minimum Gasteiger partial charge on any atom is -0.352 e. The van der Waals surface area contributed by atoms with Crippen molar-refractivity contribution in [2.24, 2.45) is 0 Å². The van der Waals surface area contributed by atoms with E-state index in [0.29, 0.717) is 23.6 Å². The van der Waals surface area contributed by atoms with E-state index in [2.05, 4.69) is 15.2 Å². The van der Waals surface area contributed by atoms with Crippen molar-refractivity contribution >= 4 is 11.7 Å². The highest BCUT2D eigenvalue weighted by Crippen LogP contribution is 2.36. The molecule has 1 amide bonds. The molecule has 1 aromatic carbocycles. The molecule has 0 unspecified atom stereocenters. The Balaban J connectivity index is 1.47. The number of amides is 1. The van der Waals surface area contributed by atoms with Gasteiger partial charge in [0.05, 0.1) is 16.8 Å². The molecule has 0 spiro atoms. The van der Waals surface area contributed by atoms with E-state index in [1.165, 1.54) is 4.90 Å². The fraction of sp³-hybridized carbons (Fsp3) is 0.273. The monoisotopic (exact) mass is 481 g/mol. The maximum absolute atomic E-state index is 13.1. The third-order valence-electron chi connectivity index (χ3n) is 5.33. The first-order valence-electron chi connectivity index (χ1n) is 10.1. The summed E-state index contributed by atoms with van der Waals surface area (Å²) in [4.78, 5) is 19.8. The van der Waals surface area contributed by atoms with E-state index in [9.17, 15) is 31.1 Å². The number of aromatic nitrogens is 3. The molecule has 1 aliphatic rings. The van der Waals surface area contributed by atoms with Gasteiger partial charge >= 0.3 is 12.4 Å². The van der Waals surface area contributed by atoms with Crippen molar-refractivity contribution in [1.29, 1.82) is 0 Å². The predicted molar refractivity (Wildman–Crippen MR) is 110 cm³/mol. The van der Waals surface area contributed by atoms with Gasteiger partial charge in [0.25, 0.3) is 5.91 Å². The zero-order valence-electron chi connectivity index (χ0n) is 17.4. The van der Waals surface area contributed by atoms with Gasteiger partial charge < -0.3 is 9.80 Å². The molecular formula is C22H17F6N5O. The van der Waals surface area contributed by atoms with Gasteiger partial charge in [-0.05, 0) is 42.5 Å². The Morgan fingerprint density at radius 3 is 1.97 bits per heavy atom. The van der Waals surface area contributed by atoms with Crippen LogP contribution in [0.15, 0.2) is 54.9 Å². The van der Waals surface area contributed by atoms with Gasteiger partial charge in [-0.25, -0.2) is 0 Å². The largest absolute Gasteiger partial charge is 0.416 e. The highest BCUT2D eigenvalue weighted by Gasteiger charge is 2.38. The van der Waals surface area contributed by atoms with Gasteiger partial charge in [0.1, 0.15) is 0 Å². The molecule has 0 radical (unpaired) electrons. The molecule has 3 aromatic rings. The van der Waals surface area contributed by atoms with Crippen molar-refractivity contribution in [3.8, 4) is 11.3 Å². The van der Waals surface area contributed by atoms with Gasteiger partial charge in [-0.1, -0.05) is 0 Å². The smallest absolute Gasteiger partial charge is 0.352 e. The van der Waals surface area contributed by atoms with Crippen molar-refractivity contribution in [2.45, 2.75) is 12.4 Å². The van der Waals surface area contributed by atoms with Crippen molar-refractivity contribution < 1.29 is 31.1 Å². The van der Waals surface area contributed by atoms with Crippen molar-refractivity contribution in [3.05, 3.63) is 71.5 Å². The highest BCUT2D eigenvalue weighted by atomic mass is 19.4. The van der Waals surface area contributed by atoms with Gasteiger partial charge in [0, 0.05) is 49.7 Å². The summed E-state index contributed by atoms with van der Waals surface area (Å²) in [5, 5.41) is 8.34. The summed E-state index contributed by atoms with van der Waals surface area (Å²) < 4.78 is 78.6. The lowest BCUT2D eigenvalue weighted by molar-refractivity contribution is -0.143. The normalized spacial score (nSPS) is 14.9. The number of halogens is 6. The molecule has 1 fully saturated rings. The van der Waals surface area contributed by atoms with Crippen LogP contribution >= 0.6 is 0 Å². The van der Waals surface area contributed by atoms with Crippen LogP contribution in [0.5, 0.6) is 0 Å². The molecule has 0 atom stereocenters. The van der Waals surface area contributed by atoms with Crippen LogP contribution in [-0.2, 0) is 12.4 Å². The molecule has 34 heavy (non-hydrogen) atoms. The van der Waals surface area contributed by atoms with E-state index >= 15 is 0 Å². The predicted octanol–water partition coefficient (Wildman–Crippen LogP) is 4.54. The Morgan fingerprint density at radius 1 is 0.824 bits per heavy atom. The summed E-state index contributed by atoms with van der Waals surface area (Å²) in [7, 11) is 0. The molecule has 1 saturated heterocycles. The van der Waals surface area contributed by atoms with Crippen LogP contribution in [0.2, 0.25) is 0 Å².